The molecular weight excluding hydrogens is 384 g/mol. The number of amides is 1. The van der Waals surface area contributed by atoms with Gasteiger partial charge in [0.1, 0.15) is 0 Å². The van der Waals surface area contributed by atoms with Crippen LogP contribution in [0.2, 0.25) is 0 Å². The maximum absolute atomic E-state index is 13.2. The molecule has 2 saturated heterocycles. The molecule has 4 atom stereocenters. The van der Waals surface area contributed by atoms with Gasteiger partial charge < -0.3 is 4.90 Å². The third kappa shape index (κ3) is 3.63. The first-order chi connectivity index (χ1) is 13.9. The smallest absolute Gasteiger partial charge is 0.241 e. The summed E-state index contributed by atoms with van der Waals surface area (Å²) in [6, 6.07) is 7.15. The highest BCUT2D eigenvalue weighted by Crippen LogP contribution is 2.52. The molecule has 160 valence electrons. The Labute approximate surface area is 175 Å². The fourth-order valence-electron chi connectivity index (χ4n) is 6.50. The number of carbonyl (C=O) groups is 1. The molecule has 2 heterocycles. The quantitative estimate of drug-likeness (QED) is 0.786. The molecule has 1 aromatic rings. The zero-order valence-corrected chi connectivity index (χ0v) is 18.5. The monoisotopic (exact) mass is 418 g/mol. The third-order valence-corrected chi connectivity index (χ3v) is 9.31. The fraction of sp³-hybridized carbons (Fsp3) is 0.696. The van der Waals surface area contributed by atoms with Crippen LogP contribution in [0.1, 0.15) is 70.3 Å². The van der Waals surface area contributed by atoms with Crippen LogP contribution in [0.4, 0.5) is 0 Å². The molecule has 3 aliphatic rings. The molecule has 1 amide bonds. The van der Waals surface area contributed by atoms with Crippen LogP contribution in [0.5, 0.6) is 0 Å². The molecule has 0 radical (unpaired) electrons. The highest BCUT2D eigenvalue weighted by molar-refractivity contribution is 7.89. The van der Waals surface area contributed by atoms with Crippen LogP contribution in [0.3, 0.4) is 0 Å². The lowest BCUT2D eigenvalue weighted by Gasteiger charge is -2.53. The van der Waals surface area contributed by atoms with Crippen molar-refractivity contribution in [3.05, 3.63) is 29.8 Å². The number of aryl methyl sites for hydroxylation is 1. The largest absolute Gasteiger partial charge is 0.337 e. The van der Waals surface area contributed by atoms with Gasteiger partial charge in [0, 0.05) is 24.5 Å². The summed E-state index contributed by atoms with van der Waals surface area (Å²) in [5, 5.41) is 0. The van der Waals surface area contributed by atoms with Gasteiger partial charge in [0.15, 0.2) is 0 Å². The van der Waals surface area contributed by atoms with Gasteiger partial charge >= 0.3 is 0 Å². The summed E-state index contributed by atoms with van der Waals surface area (Å²) in [4.78, 5) is 15.3. The molecule has 29 heavy (non-hydrogen) atoms. The lowest BCUT2D eigenvalue weighted by Crippen LogP contribution is -2.60. The van der Waals surface area contributed by atoms with Gasteiger partial charge in [-0.3, -0.25) is 4.79 Å². The molecular formula is C23H34N2O3S. The van der Waals surface area contributed by atoms with Crippen molar-refractivity contribution < 1.29 is 13.2 Å². The van der Waals surface area contributed by atoms with Crippen LogP contribution in [0.25, 0.3) is 0 Å². The van der Waals surface area contributed by atoms with E-state index in [2.05, 4.69) is 16.5 Å². The van der Waals surface area contributed by atoms with Crippen molar-refractivity contribution in [1.29, 1.82) is 0 Å². The zero-order valence-electron chi connectivity index (χ0n) is 17.7. The summed E-state index contributed by atoms with van der Waals surface area (Å²) in [5.74, 6) is 1.01. The van der Waals surface area contributed by atoms with E-state index in [0.29, 0.717) is 29.1 Å². The van der Waals surface area contributed by atoms with E-state index in [1.165, 1.54) is 0 Å². The van der Waals surface area contributed by atoms with Gasteiger partial charge in [-0.05, 0) is 75.3 Å². The SMILES string of the molecule is CCC[C@H]1[C@@H](NS(=O)(=O)c2ccccc2C)CC[C@@]23CCCN2C(=O)CCC[C@@H]13. The van der Waals surface area contributed by atoms with Gasteiger partial charge in [0.25, 0.3) is 0 Å². The molecule has 4 rings (SSSR count). The predicted molar refractivity (Wildman–Crippen MR) is 114 cm³/mol. The first-order valence-electron chi connectivity index (χ1n) is 11.3. The van der Waals surface area contributed by atoms with E-state index in [1.54, 1.807) is 12.1 Å². The Morgan fingerprint density at radius 1 is 1.17 bits per heavy atom. The molecule has 2 aliphatic heterocycles. The molecule has 1 aromatic carbocycles. The molecule has 1 aliphatic carbocycles. The predicted octanol–water partition coefficient (Wildman–Crippen LogP) is 4.01. The number of hydrogen-bond donors (Lipinski definition) is 1. The summed E-state index contributed by atoms with van der Waals surface area (Å²) in [7, 11) is -3.55. The average Bonchev–Trinajstić information content (AvgIpc) is 3.05. The Bertz CT molecular complexity index is 869. The van der Waals surface area contributed by atoms with Gasteiger partial charge in [0.05, 0.1) is 4.90 Å². The van der Waals surface area contributed by atoms with Crippen molar-refractivity contribution in [2.45, 2.75) is 88.1 Å². The maximum atomic E-state index is 13.2. The molecule has 1 saturated carbocycles. The van der Waals surface area contributed by atoms with Gasteiger partial charge in [-0.2, -0.15) is 0 Å². The number of nitrogens with zero attached hydrogens (tertiary/aromatic N) is 1. The Kier molecular flexibility index (Phi) is 5.77. The van der Waals surface area contributed by atoms with Crippen molar-refractivity contribution in [2.24, 2.45) is 11.8 Å². The van der Waals surface area contributed by atoms with Crippen LogP contribution < -0.4 is 4.72 Å². The van der Waals surface area contributed by atoms with E-state index >= 15 is 0 Å². The first-order valence-corrected chi connectivity index (χ1v) is 12.8. The van der Waals surface area contributed by atoms with E-state index in [0.717, 1.165) is 63.5 Å². The minimum atomic E-state index is -3.55. The standard InChI is InChI=1S/C23H34N2O3S/c1-3-8-18-19-10-6-12-22(26)25-16-7-14-23(19,25)15-13-20(18)24-29(27,28)21-11-5-4-9-17(21)2/h4-5,9,11,18-20,24H,3,6-8,10,12-16H2,1-2H3/t18-,19+,20+,23-/m1/s1. The topological polar surface area (TPSA) is 66.5 Å². The van der Waals surface area contributed by atoms with Crippen LogP contribution in [-0.4, -0.2) is 37.4 Å². The molecule has 1 N–H and O–H groups in total. The summed E-state index contributed by atoms with van der Waals surface area (Å²) in [5.41, 5.74) is 0.749. The minimum Gasteiger partial charge on any atom is -0.337 e. The number of benzene rings is 1. The molecule has 1 spiro atoms. The van der Waals surface area contributed by atoms with Crippen LogP contribution >= 0.6 is 0 Å². The second kappa shape index (κ2) is 8.03. The summed E-state index contributed by atoms with van der Waals surface area (Å²) < 4.78 is 29.5. The van der Waals surface area contributed by atoms with Crippen molar-refractivity contribution in [1.82, 2.24) is 9.62 Å². The Morgan fingerprint density at radius 2 is 1.97 bits per heavy atom. The molecule has 0 bridgehead atoms. The van der Waals surface area contributed by atoms with Crippen molar-refractivity contribution in [3.63, 3.8) is 0 Å². The van der Waals surface area contributed by atoms with Crippen molar-refractivity contribution >= 4 is 15.9 Å². The van der Waals surface area contributed by atoms with E-state index in [1.807, 2.05) is 19.1 Å². The van der Waals surface area contributed by atoms with Gasteiger partial charge in [-0.15, -0.1) is 0 Å². The highest BCUT2D eigenvalue weighted by Gasteiger charge is 2.56. The molecule has 0 aromatic heterocycles. The average molecular weight is 419 g/mol. The number of carbonyl (C=O) groups excluding carboxylic acids is 1. The summed E-state index contributed by atoms with van der Waals surface area (Å²) in [6.07, 6.45) is 8.57. The van der Waals surface area contributed by atoms with Crippen LogP contribution in [0, 0.1) is 18.8 Å². The van der Waals surface area contributed by atoms with Crippen molar-refractivity contribution in [2.75, 3.05) is 6.54 Å². The van der Waals surface area contributed by atoms with Crippen molar-refractivity contribution in [3.8, 4) is 0 Å². The lowest BCUT2D eigenvalue weighted by atomic mass is 9.61. The second-order valence-electron chi connectivity index (χ2n) is 9.24. The molecule has 5 nitrogen and oxygen atoms in total. The summed E-state index contributed by atoms with van der Waals surface area (Å²) >= 11 is 0. The number of rotatable bonds is 5. The molecule has 3 fully saturated rings. The van der Waals surface area contributed by atoms with Crippen LogP contribution in [-0.2, 0) is 14.8 Å². The Hall–Kier alpha value is -1.40. The van der Waals surface area contributed by atoms with Crippen LogP contribution in [0.15, 0.2) is 29.2 Å². The Balaban J connectivity index is 1.64. The zero-order chi connectivity index (χ0) is 20.6. The fourth-order valence-corrected chi connectivity index (χ4v) is 8.06. The number of sulfonamides is 1. The van der Waals surface area contributed by atoms with E-state index in [9.17, 15) is 13.2 Å². The van der Waals surface area contributed by atoms with Gasteiger partial charge in [-0.25, -0.2) is 13.1 Å². The highest BCUT2D eigenvalue weighted by atomic mass is 32.2. The number of nitrogens with one attached hydrogen (secondary N) is 1. The molecule has 6 heteroatoms. The Morgan fingerprint density at radius 3 is 2.72 bits per heavy atom. The van der Waals surface area contributed by atoms with Gasteiger partial charge in [0.2, 0.25) is 15.9 Å². The second-order valence-corrected chi connectivity index (χ2v) is 10.9. The lowest BCUT2D eigenvalue weighted by molar-refractivity contribution is -0.138. The van der Waals surface area contributed by atoms with E-state index in [4.69, 9.17) is 0 Å². The van der Waals surface area contributed by atoms with Gasteiger partial charge in [-0.1, -0.05) is 31.5 Å². The number of hydrogen-bond acceptors (Lipinski definition) is 3. The van der Waals surface area contributed by atoms with E-state index < -0.39 is 10.0 Å². The van der Waals surface area contributed by atoms with E-state index in [-0.39, 0.29) is 11.6 Å². The maximum Gasteiger partial charge on any atom is 0.241 e. The normalized spacial score (nSPS) is 32.6. The first kappa shape index (κ1) is 20.9. The third-order valence-electron chi connectivity index (χ3n) is 7.66. The summed E-state index contributed by atoms with van der Waals surface area (Å²) in [6.45, 7) is 4.91. The molecule has 0 unspecified atom stereocenters. The minimum absolute atomic E-state index is 0.0297.